The fraction of sp³-hybridized carbons (Fsp3) is 1.00. The molecular formula is C12H25Cl. The first kappa shape index (κ1) is 13.3. The Bertz CT molecular complexity index is 118. The van der Waals surface area contributed by atoms with Crippen LogP contribution in [0.2, 0.25) is 0 Å². The van der Waals surface area contributed by atoms with Crippen LogP contribution in [0.1, 0.15) is 59.8 Å². The van der Waals surface area contributed by atoms with Gasteiger partial charge in [-0.3, -0.25) is 0 Å². The van der Waals surface area contributed by atoms with Crippen LogP contribution in [0.15, 0.2) is 0 Å². The van der Waals surface area contributed by atoms with Gasteiger partial charge in [-0.15, -0.1) is 11.6 Å². The molecular weight excluding hydrogens is 180 g/mol. The lowest BCUT2D eigenvalue weighted by atomic mass is 9.81. The van der Waals surface area contributed by atoms with Crippen LogP contribution < -0.4 is 0 Å². The molecule has 0 saturated carbocycles. The second-order valence-electron chi connectivity index (χ2n) is 4.92. The van der Waals surface area contributed by atoms with E-state index < -0.39 is 0 Å². The Morgan fingerprint density at radius 1 is 1.23 bits per heavy atom. The Kier molecular flexibility index (Phi) is 6.85. The largest absolute Gasteiger partial charge is 0.126 e. The van der Waals surface area contributed by atoms with Crippen LogP contribution in [-0.4, -0.2) is 5.88 Å². The quantitative estimate of drug-likeness (QED) is 0.520. The molecule has 0 aliphatic carbocycles. The van der Waals surface area contributed by atoms with E-state index in [2.05, 4.69) is 27.7 Å². The number of halogens is 1. The standard InChI is InChI=1S/C12H25Cl/c1-5-7-8-11(6-2)9-12(3,4)10-13/h11H,5-10H2,1-4H3. The lowest BCUT2D eigenvalue weighted by molar-refractivity contribution is 0.276. The van der Waals surface area contributed by atoms with Crippen molar-refractivity contribution >= 4 is 11.6 Å². The smallest absolute Gasteiger partial charge is 0.0274 e. The molecule has 0 N–H and O–H groups in total. The van der Waals surface area contributed by atoms with Gasteiger partial charge in [0.25, 0.3) is 0 Å². The first-order valence-electron chi connectivity index (χ1n) is 5.61. The van der Waals surface area contributed by atoms with Gasteiger partial charge in [0.15, 0.2) is 0 Å². The van der Waals surface area contributed by atoms with E-state index in [1.165, 1.54) is 32.1 Å². The van der Waals surface area contributed by atoms with Crippen molar-refractivity contribution in [2.75, 3.05) is 5.88 Å². The third-order valence-electron chi connectivity index (χ3n) is 2.75. The summed E-state index contributed by atoms with van der Waals surface area (Å²) in [6.07, 6.45) is 6.66. The molecule has 0 fully saturated rings. The van der Waals surface area contributed by atoms with E-state index in [0.717, 1.165) is 11.8 Å². The normalized spacial score (nSPS) is 14.5. The van der Waals surface area contributed by atoms with Gasteiger partial charge in [-0.25, -0.2) is 0 Å². The van der Waals surface area contributed by atoms with E-state index in [0.29, 0.717) is 5.41 Å². The lowest BCUT2D eigenvalue weighted by Crippen LogP contribution is -2.18. The van der Waals surface area contributed by atoms with E-state index in [4.69, 9.17) is 11.6 Å². The van der Waals surface area contributed by atoms with Crippen molar-refractivity contribution in [2.24, 2.45) is 11.3 Å². The zero-order valence-corrected chi connectivity index (χ0v) is 10.5. The van der Waals surface area contributed by atoms with E-state index >= 15 is 0 Å². The van der Waals surface area contributed by atoms with E-state index in [1.807, 2.05) is 0 Å². The van der Waals surface area contributed by atoms with Crippen LogP contribution in [-0.2, 0) is 0 Å². The van der Waals surface area contributed by atoms with Crippen molar-refractivity contribution in [3.63, 3.8) is 0 Å². The van der Waals surface area contributed by atoms with Crippen LogP contribution >= 0.6 is 11.6 Å². The molecule has 0 rings (SSSR count). The molecule has 0 heterocycles. The topological polar surface area (TPSA) is 0 Å². The Hall–Kier alpha value is 0.290. The molecule has 0 amide bonds. The fourth-order valence-corrected chi connectivity index (χ4v) is 1.89. The summed E-state index contributed by atoms with van der Waals surface area (Å²) in [5.74, 6) is 1.67. The van der Waals surface area contributed by atoms with Crippen LogP contribution in [0.25, 0.3) is 0 Å². The van der Waals surface area contributed by atoms with Crippen molar-refractivity contribution in [2.45, 2.75) is 59.8 Å². The number of hydrogen-bond acceptors (Lipinski definition) is 0. The Labute approximate surface area is 89.1 Å². The van der Waals surface area contributed by atoms with Gasteiger partial charge >= 0.3 is 0 Å². The highest BCUT2D eigenvalue weighted by molar-refractivity contribution is 6.18. The maximum absolute atomic E-state index is 5.93. The first-order chi connectivity index (χ1) is 6.05. The molecule has 0 nitrogen and oxygen atoms in total. The first-order valence-corrected chi connectivity index (χ1v) is 6.15. The average molecular weight is 205 g/mol. The molecule has 1 atom stereocenters. The third-order valence-corrected chi connectivity index (χ3v) is 3.47. The van der Waals surface area contributed by atoms with Gasteiger partial charge in [0, 0.05) is 5.88 Å². The maximum atomic E-state index is 5.93. The fourth-order valence-electron chi connectivity index (χ4n) is 1.78. The summed E-state index contributed by atoms with van der Waals surface area (Å²) in [5.41, 5.74) is 0.329. The molecule has 0 radical (unpaired) electrons. The predicted molar refractivity (Wildman–Crippen MR) is 62.4 cm³/mol. The number of rotatable bonds is 7. The summed E-state index contributed by atoms with van der Waals surface area (Å²) in [4.78, 5) is 0. The van der Waals surface area contributed by atoms with Crippen molar-refractivity contribution < 1.29 is 0 Å². The summed E-state index contributed by atoms with van der Waals surface area (Å²) in [7, 11) is 0. The average Bonchev–Trinajstić information content (AvgIpc) is 2.12. The van der Waals surface area contributed by atoms with Crippen LogP contribution in [0.3, 0.4) is 0 Å². The van der Waals surface area contributed by atoms with Crippen molar-refractivity contribution in [1.82, 2.24) is 0 Å². The van der Waals surface area contributed by atoms with E-state index in [-0.39, 0.29) is 0 Å². The summed E-state index contributed by atoms with van der Waals surface area (Å²) in [5, 5.41) is 0. The SMILES string of the molecule is CCCCC(CC)CC(C)(C)CCl. The molecule has 0 aliphatic rings. The zero-order valence-electron chi connectivity index (χ0n) is 9.70. The van der Waals surface area contributed by atoms with E-state index in [1.54, 1.807) is 0 Å². The van der Waals surface area contributed by atoms with Crippen molar-refractivity contribution in [1.29, 1.82) is 0 Å². The van der Waals surface area contributed by atoms with Crippen molar-refractivity contribution in [3.05, 3.63) is 0 Å². The summed E-state index contributed by atoms with van der Waals surface area (Å²) < 4.78 is 0. The second kappa shape index (κ2) is 6.70. The van der Waals surface area contributed by atoms with E-state index in [9.17, 15) is 0 Å². The number of hydrogen-bond donors (Lipinski definition) is 0. The summed E-state index contributed by atoms with van der Waals surface area (Å²) in [6, 6.07) is 0. The minimum atomic E-state index is 0.329. The zero-order chi connectivity index (χ0) is 10.3. The van der Waals surface area contributed by atoms with Gasteiger partial charge in [0.2, 0.25) is 0 Å². The number of alkyl halides is 1. The molecule has 0 aliphatic heterocycles. The second-order valence-corrected chi connectivity index (χ2v) is 5.19. The Balaban J connectivity index is 3.82. The molecule has 1 heteroatoms. The summed E-state index contributed by atoms with van der Waals surface area (Å²) >= 11 is 5.93. The maximum Gasteiger partial charge on any atom is 0.0274 e. The highest BCUT2D eigenvalue weighted by Gasteiger charge is 2.20. The minimum absolute atomic E-state index is 0.329. The molecule has 0 aromatic heterocycles. The van der Waals surface area contributed by atoms with Gasteiger partial charge in [0.05, 0.1) is 0 Å². The molecule has 1 unspecified atom stereocenters. The number of unbranched alkanes of at least 4 members (excludes halogenated alkanes) is 1. The summed E-state index contributed by atoms with van der Waals surface area (Å²) in [6.45, 7) is 9.10. The molecule has 0 aromatic carbocycles. The third kappa shape index (κ3) is 6.37. The van der Waals surface area contributed by atoms with Gasteiger partial charge < -0.3 is 0 Å². The Morgan fingerprint density at radius 2 is 1.85 bits per heavy atom. The van der Waals surface area contributed by atoms with Gasteiger partial charge in [-0.05, 0) is 17.8 Å². The molecule has 0 aromatic rings. The minimum Gasteiger partial charge on any atom is -0.126 e. The van der Waals surface area contributed by atoms with Crippen LogP contribution in [0, 0.1) is 11.3 Å². The highest BCUT2D eigenvalue weighted by Crippen LogP contribution is 2.30. The highest BCUT2D eigenvalue weighted by atomic mass is 35.5. The van der Waals surface area contributed by atoms with Gasteiger partial charge in [-0.1, -0.05) is 53.4 Å². The monoisotopic (exact) mass is 204 g/mol. The van der Waals surface area contributed by atoms with Gasteiger partial charge in [0.1, 0.15) is 0 Å². The predicted octanol–water partition coefficient (Wildman–Crippen LogP) is 4.86. The molecule has 13 heavy (non-hydrogen) atoms. The molecule has 0 saturated heterocycles. The van der Waals surface area contributed by atoms with Crippen LogP contribution in [0.5, 0.6) is 0 Å². The Morgan fingerprint density at radius 3 is 2.23 bits per heavy atom. The molecule has 80 valence electrons. The molecule has 0 bridgehead atoms. The van der Waals surface area contributed by atoms with Crippen LogP contribution in [0.4, 0.5) is 0 Å². The molecule has 0 spiro atoms. The van der Waals surface area contributed by atoms with Gasteiger partial charge in [-0.2, -0.15) is 0 Å². The van der Waals surface area contributed by atoms with Crippen molar-refractivity contribution in [3.8, 4) is 0 Å². The lowest BCUT2D eigenvalue weighted by Gasteiger charge is -2.27.